The van der Waals surface area contributed by atoms with Crippen molar-refractivity contribution in [1.82, 2.24) is 5.32 Å². The molecule has 1 N–H and O–H groups in total. The molecule has 0 fully saturated rings. The summed E-state index contributed by atoms with van der Waals surface area (Å²) in [7, 11) is 1.74. The van der Waals surface area contributed by atoms with Crippen molar-refractivity contribution >= 4 is 0 Å². The van der Waals surface area contributed by atoms with Crippen molar-refractivity contribution in [3.05, 3.63) is 12.1 Å². The van der Waals surface area contributed by atoms with Crippen LogP contribution in [0.3, 0.4) is 0 Å². The van der Waals surface area contributed by atoms with Gasteiger partial charge in [-0.2, -0.15) is 0 Å². The lowest BCUT2D eigenvalue weighted by Gasteiger charge is -2.11. The Morgan fingerprint density at radius 3 is 2.60 bits per heavy atom. The van der Waals surface area contributed by atoms with Gasteiger partial charge in [0.15, 0.2) is 0 Å². The highest BCUT2D eigenvalue weighted by Gasteiger charge is 1.98. The summed E-state index contributed by atoms with van der Waals surface area (Å²) in [6.45, 7) is 4.16. The number of nitrogens with one attached hydrogen (secondary N) is 1. The molecule has 2 nitrogen and oxygen atoms in total. The molecule has 0 bridgehead atoms. The van der Waals surface area contributed by atoms with Gasteiger partial charge in [-0.05, 0) is 20.9 Å². The fourth-order valence-electron chi connectivity index (χ4n) is 0.583. The monoisotopic (exact) mass is 147 g/mol. The second kappa shape index (κ2) is 5.23. The molecule has 0 aromatic carbocycles. The van der Waals surface area contributed by atoms with E-state index in [0.717, 1.165) is 0 Å². The van der Waals surface area contributed by atoms with Crippen LogP contribution in [-0.4, -0.2) is 19.7 Å². The zero-order valence-electron chi connectivity index (χ0n) is 6.65. The summed E-state index contributed by atoms with van der Waals surface area (Å²) >= 11 is 0. The lowest BCUT2D eigenvalue weighted by molar-refractivity contribution is 0.139. The molecule has 0 aliphatic rings. The van der Waals surface area contributed by atoms with Crippen molar-refractivity contribution < 1.29 is 9.13 Å². The van der Waals surface area contributed by atoms with Crippen LogP contribution in [0, 0.1) is 0 Å². The summed E-state index contributed by atoms with van der Waals surface area (Å²) in [5.74, 6) is 0.345. The van der Waals surface area contributed by atoms with Crippen LogP contribution in [0.1, 0.15) is 13.8 Å². The highest BCUT2D eigenvalue weighted by molar-refractivity contribution is 4.89. The third-order valence-electron chi connectivity index (χ3n) is 0.860. The van der Waals surface area contributed by atoms with Crippen molar-refractivity contribution in [2.75, 3.05) is 13.6 Å². The van der Waals surface area contributed by atoms with Crippen LogP contribution >= 0.6 is 0 Å². The molecule has 0 atom stereocenters. The second-order valence-corrected chi connectivity index (χ2v) is 2.27. The van der Waals surface area contributed by atoms with Gasteiger partial charge >= 0.3 is 0 Å². The fraction of sp³-hybridized carbons (Fsp3) is 0.714. The summed E-state index contributed by atoms with van der Waals surface area (Å²) in [5.41, 5.74) is 0. The molecule has 0 spiro atoms. The zero-order chi connectivity index (χ0) is 7.98. The quantitative estimate of drug-likeness (QED) is 0.607. The van der Waals surface area contributed by atoms with Crippen molar-refractivity contribution in [3.8, 4) is 0 Å². The molecule has 0 aromatic heterocycles. The molecule has 3 heteroatoms. The molecule has 0 rings (SSSR count). The van der Waals surface area contributed by atoms with E-state index in [1.807, 2.05) is 13.8 Å². The van der Waals surface area contributed by atoms with Crippen LogP contribution in [0.15, 0.2) is 12.1 Å². The predicted molar refractivity (Wildman–Crippen MR) is 39.3 cm³/mol. The van der Waals surface area contributed by atoms with Gasteiger partial charge in [-0.3, -0.25) is 0 Å². The van der Waals surface area contributed by atoms with E-state index in [1.165, 1.54) is 0 Å². The first-order valence-corrected chi connectivity index (χ1v) is 3.31. The molecule has 0 aliphatic heterocycles. The number of hydrogen-bond donors (Lipinski definition) is 1. The van der Waals surface area contributed by atoms with Gasteiger partial charge in [-0.25, -0.2) is 4.39 Å². The third-order valence-corrected chi connectivity index (χ3v) is 0.860. The lowest BCUT2D eigenvalue weighted by atomic mass is 10.4. The Morgan fingerprint density at radius 2 is 2.30 bits per heavy atom. The maximum Gasteiger partial charge on any atom is 0.138 e. The maximum absolute atomic E-state index is 11.9. The van der Waals surface area contributed by atoms with E-state index >= 15 is 0 Å². The standard InChI is InChI=1S/C7H14FNO/c1-6(2)10-7(4-8)5-9-3/h4,6,9H,5H2,1-3H3. The number of rotatable bonds is 4. The number of ether oxygens (including phenoxy) is 1. The first-order valence-electron chi connectivity index (χ1n) is 3.31. The lowest BCUT2D eigenvalue weighted by Crippen LogP contribution is -2.15. The van der Waals surface area contributed by atoms with Gasteiger partial charge in [0, 0.05) is 0 Å². The van der Waals surface area contributed by atoms with E-state index in [0.29, 0.717) is 18.6 Å². The Morgan fingerprint density at radius 1 is 1.70 bits per heavy atom. The van der Waals surface area contributed by atoms with Crippen LogP contribution in [0.25, 0.3) is 0 Å². The van der Waals surface area contributed by atoms with Gasteiger partial charge in [0.05, 0.1) is 12.6 Å². The average Bonchev–Trinajstić information content (AvgIpc) is 1.86. The van der Waals surface area contributed by atoms with Crippen molar-refractivity contribution in [2.45, 2.75) is 20.0 Å². The number of halogens is 1. The van der Waals surface area contributed by atoms with E-state index < -0.39 is 0 Å². The van der Waals surface area contributed by atoms with Crippen molar-refractivity contribution in [2.24, 2.45) is 0 Å². The van der Waals surface area contributed by atoms with Crippen LogP contribution in [0.5, 0.6) is 0 Å². The minimum Gasteiger partial charge on any atom is -0.492 e. The summed E-state index contributed by atoms with van der Waals surface area (Å²) in [4.78, 5) is 0. The van der Waals surface area contributed by atoms with E-state index in [2.05, 4.69) is 5.32 Å². The normalized spacial score (nSPS) is 12.3. The molecular weight excluding hydrogens is 133 g/mol. The van der Waals surface area contributed by atoms with Gasteiger partial charge in [0.2, 0.25) is 0 Å². The van der Waals surface area contributed by atoms with Gasteiger partial charge in [0.25, 0.3) is 0 Å². The Balaban J connectivity index is 3.62. The van der Waals surface area contributed by atoms with Gasteiger partial charge < -0.3 is 10.1 Å². The number of likely N-dealkylation sites (N-methyl/N-ethyl adjacent to an activating group) is 1. The highest BCUT2D eigenvalue weighted by Crippen LogP contribution is 2.00. The summed E-state index contributed by atoms with van der Waals surface area (Å²) in [5, 5.41) is 2.79. The molecule has 0 heterocycles. The van der Waals surface area contributed by atoms with Crippen molar-refractivity contribution in [1.29, 1.82) is 0 Å². The minimum atomic E-state index is 0.0374. The van der Waals surface area contributed by atoms with Crippen LogP contribution < -0.4 is 5.32 Å². The largest absolute Gasteiger partial charge is 0.492 e. The van der Waals surface area contributed by atoms with E-state index in [4.69, 9.17) is 4.74 Å². The minimum absolute atomic E-state index is 0.0374. The fourth-order valence-corrected chi connectivity index (χ4v) is 0.583. The molecule has 0 aromatic rings. The van der Waals surface area contributed by atoms with E-state index in [1.54, 1.807) is 7.05 Å². The van der Waals surface area contributed by atoms with Gasteiger partial charge in [0.1, 0.15) is 12.1 Å². The first-order chi connectivity index (χ1) is 4.70. The Labute approximate surface area is 61.1 Å². The zero-order valence-corrected chi connectivity index (χ0v) is 6.65. The van der Waals surface area contributed by atoms with E-state index in [9.17, 15) is 4.39 Å². The smallest absolute Gasteiger partial charge is 0.138 e. The first kappa shape index (κ1) is 9.43. The molecule has 0 radical (unpaired) electrons. The maximum atomic E-state index is 11.9. The van der Waals surface area contributed by atoms with Crippen LogP contribution in [0.4, 0.5) is 4.39 Å². The van der Waals surface area contributed by atoms with Gasteiger partial charge in [-0.15, -0.1) is 0 Å². The summed E-state index contributed by atoms with van der Waals surface area (Å²) in [6.07, 6.45) is 0.520. The topological polar surface area (TPSA) is 21.3 Å². The third kappa shape index (κ3) is 4.32. The summed E-state index contributed by atoms with van der Waals surface area (Å²) in [6, 6.07) is 0. The molecule has 0 saturated heterocycles. The molecule has 0 amide bonds. The molecule has 0 saturated carbocycles. The Kier molecular flexibility index (Phi) is 4.94. The molecule has 10 heavy (non-hydrogen) atoms. The van der Waals surface area contributed by atoms with Crippen LogP contribution in [0.2, 0.25) is 0 Å². The highest BCUT2D eigenvalue weighted by atomic mass is 19.1. The van der Waals surface area contributed by atoms with E-state index in [-0.39, 0.29) is 6.10 Å². The Hall–Kier alpha value is -0.570. The average molecular weight is 147 g/mol. The molecule has 0 unspecified atom stereocenters. The van der Waals surface area contributed by atoms with Crippen LogP contribution in [-0.2, 0) is 4.74 Å². The molecular formula is C7H14FNO. The van der Waals surface area contributed by atoms with Gasteiger partial charge in [-0.1, -0.05) is 0 Å². The summed E-state index contributed by atoms with van der Waals surface area (Å²) < 4.78 is 16.9. The predicted octanol–water partition coefficient (Wildman–Crippen LogP) is 1.44. The van der Waals surface area contributed by atoms with Crippen molar-refractivity contribution in [3.63, 3.8) is 0 Å². The Bertz CT molecular complexity index is 112. The second-order valence-electron chi connectivity index (χ2n) is 2.27. The SMILES string of the molecule is CNCC(=CF)OC(C)C. The molecule has 60 valence electrons. The number of hydrogen-bond acceptors (Lipinski definition) is 2. The molecule has 0 aliphatic carbocycles.